The smallest absolute Gasteiger partial charge is 0.307 e. The van der Waals surface area contributed by atoms with Gasteiger partial charge in [-0.25, -0.2) is 0 Å². The first-order valence-electron chi connectivity index (χ1n) is 6.17. The topological polar surface area (TPSA) is 69.4 Å². The van der Waals surface area contributed by atoms with Gasteiger partial charge in [0.05, 0.1) is 13.0 Å². The van der Waals surface area contributed by atoms with Crippen molar-refractivity contribution >= 4 is 13.1 Å². The molecule has 4 nitrogen and oxygen atoms in total. The minimum absolute atomic E-state index is 0.0362. The molecule has 0 aromatic heterocycles. The molecule has 1 atom stereocenters. The normalized spacial score (nSPS) is 16.3. The van der Waals surface area contributed by atoms with E-state index in [1.165, 1.54) is 12.8 Å². The summed E-state index contributed by atoms with van der Waals surface area (Å²) in [7, 11) is 0.938. The molecule has 17 heavy (non-hydrogen) atoms. The molecule has 0 aliphatic heterocycles. The summed E-state index contributed by atoms with van der Waals surface area (Å²) in [5, 5.41) is -0.139. The summed E-state index contributed by atoms with van der Waals surface area (Å²) in [6.45, 7) is 7.89. The zero-order valence-corrected chi connectivity index (χ0v) is 11.4. The molecule has 0 spiro atoms. The summed E-state index contributed by atoms with van der Waals surface area (Å²) in [4.78, 5) is 10.9. The molecule has 1 aliphatic carbocycles. The van der Waals surface area contributed by atoms with Gasteiger partial charge in [0, 0.05) is 6.04 Å². The van der Waals surface area contributed by atoms with Gasteiger partial charge in [-0.1, -0.05) is 0 Å². The van der Waals surface area contributed by atoms with Crippen LogP contribution in [0.15, 0.2) is 0 Å². The minimum atomic E-state index is -0.160. The molecule has 0 radical (unpaired) electrons. The van der Waals surface area contributed by atoms with Crippen molar-refractivity contribution in [2.75, 3.05) is 6.61 Å². The van der Waals surface area contributed by atoms with E-state index in [4.69, 9.17) is 10.5 Å². The second-order valence-electron chi connectivity index (χ2n) is 5.49. The van der Waals surface area contributed by atoms with E-state index in [-0.39, 0.29) is 17.3 Å². The van der Waals surface area contributed by atoms with Crippen molar-refractivity contribution in [2.24, 2.45) is 11.7 Å². The molecule has 2 N–H and O–H groups in total. The standard InChI is InChI=1S/C8H15NO2.C4H9BO/c1-2-11-8(10)5-7(9)6-3-4-6;1-4(2,3)5-6/h6-7H,2-5,9H2,1H3;1-3H3. The monoisotopic (exact) mass is 241 g/mol. The van der Waals surface area contributed by atoms with Gasteiger partial charge < -0.3 is 10.5 Å². The van der Waals surface area contributed by atoms with Gasteiger partial charge in [0.1, 0.15) is 0 Å². The molecule has 1 unspecified atom stereocenters. The first-order chi connectivity index (χ1) is 7.80. The maximum Gasteiger partial charge on any atom is 0.307 e. The molecule has 98 valence electrons. The Balaban J connectivity index is 0.000000366. The number of hydrogen-bond donors (Lipinski definition) is 1. The van der Waals surface area contributed by atoms with Crippen molar-refractivity contribution in [2.45, 2.75) is 58.3 Å². The van der Waals surface area contributed by atoms with Gasteiger partial charge in [0.2, 0.25) is 0 Å². The van der Waals surface area contributed by atoms with E-state index in [1.807, 2.05) is 20.8 Å². The third kappa shape index (κ3) is 10.2. The summed E-state index contributed by atoms with van der Waals surface area (Å²) in [5.41, 5.74) is 5.71. The second kappa shape index (κ2) is 7.59. The van der Waals surface area contributed by atoms with Crippen LogP contribution < -0.4 is 5.73 Å². The number of nitrogens with two attached hydrogens (primary N) is 1. The number of carbonyl (C=O) groups is 1. The van der Waals surface area contributed by atoms with Crippen LogP contribution >= 0.6 is 0 Å². The van der Waals surface area contributed by atoms with Gasteiger partial charge in [0.25, 0.3) is 0 Å². The molecule has 0 aromatic rings. The van der Waals surface area contributed by atoms with Gasteiger partial charge in [-0.15, -0.1) is 0 Å². The van der Waals surface area contributed by atoms with Crippen molar-refractivity contribution in [1.82, 2.24) is 0 Å². The molecule has 1 rings (SSSR count). The Labute approximate surface area is 105 Å². The molecular formula is C12H24BNO3. The molecule has 1 aliphatic rings. The Kier molecular flexibility index (Phi) is 7.27. The van der Waals surface area contributed by atoms with Gasteiger partial charge >= 0.3 is 43.9 Å². The maximum absolute atomic E-state index is 10.9. The number of esters is 1. The second-order valence-corrected chi connectivity index (χ2v) is 5.49. The largest absolute Gasteiger partial charge is 0.466 e. The third-order valence-electron chi connectivity index (χ3n) is 2.29. The van der Waals surface area contributed by atoms with E-state index in [1.54, 1.807) is 6.92 Å². The van der Waals surface area contributed by atoms with Crippen molar-refractivity contribution in [1.29, 1.82) is 0 Å². The Hall–Kier alpha value is -0.705. The Bertz CT molecular complexity index is 247. The molecule has 0 heterocycles. The van der Waals surface area contributed by atoms with E-state index < -0.39 is 0 Å². The Morgan fingerprint density at radius 2 is 1.94 bits per heavy atom. The summed E-state index contributed by atoms with van der Waals surface area (Å²) >= 11 is 0. The number of ether oxygens (including phenoxy) is 1. The number of carbonyl (C=O) groups excluding carboxylic acids is 1. The van der Waals surface area contributed by atoms with Crippen LogP contribution in [0.2, 0.25) is 5.31 Å². The SMILES string of the molecule is CC(C)(C)B=O.CCOC(=O)CC(N)C1CC1. The third-order valence-corrected chi connectivity index (χ3v) is 2.29. The number of hydrogen-bond acceptors (Lipinski definition) is 4. The van der Waals surface area contributed by atoms with Gasteiger partial charge in [-0.3, -0.25) is 4.79 Å². The summed E-state index contributed by atoms with van der Waals surface area (Å²) in [6, 6.07) is 0.0362. The van der Waals surface area contributed by atoms with Crippen molar-refractivity contribution in [3.8, 4) is 0 Å². The van der Waals surface area contributed by atoms with Crippen LogP contribution in [0.1, 0.15) is 47.0 Å². The zero-order valence-electron chi connectivity index (χ0n) is 11.4. The Morgan fingerprint density at radius 3 is 2.24 bits per heavy atom. The molecule has 5 heteroatoms. The van der Waals surface area contributed by atoms with Gasteiger partial charge in [0.15, 0.2) is 0 Å². The quantitative estimate of drug-likeness (QED) is 0.603. The summed E-state index contributed by atoms with van der Waals surface area (Å²) < 4.78 is 14.6. The first kappa shape index (κ1) is 16.3. The fourth-order valence-electron chi connectivity index (χ4n) is 1.10. The fourth-order valence-corrected chi connectivity index (χ4v) is 1.10. The maximum atomic E-state index is 10.9. The van der Waals surface area contributed by atoms with Crippen molar-refractivity contribution < 1.29 is 14.2 Å². The molecule has 1 fully saturated rings. The first-order valence-corrected chi connectivity index (χ1v) is 6.17. The van der Waals surface area contributed by atoms with Crippen LogP contribution in [-0.4, -0.2) is 25.8 Å². The van der Waals surface area contributed by atoms with E-state index in [2.05, 4.69) is 0 Å². The molecule has 0 bridgehead atoms. The van der Waals surface area contributed by atoms with E-state index in [0.717, 1.165) is 7.15 Å². The van der Waals surface area contributed by atoms with E-state index in [0.29, 0.717) is 18.9 Å². The zero-order chi connectivity index (χ0) is 13.5. The van der Waals surface area contributed by atoms with Crippen LogP contribution in [0, 0.1) is 5.92 Å². The van der Waals surface area contributed by atoms with Crippen LogP contribution in [0.25, 0.3) is 0 Å². The van der Waals surface area contributed by atoms with E-state index in [9.17, 15) is 9.50 Å². The van der Waals surface area contributed by atoms with Crippen LogP contribution in [0.4, 0.5) is 0 Å². The fraction of sp³-hybridized carbons (Fsp3) is 0.917. The van der Waals surface area contributed by atoms with E-state index >= 15 is 0 Å². The van der Waals surface area contributed by atoms with Crippen molar-refractivity contribution in [3.05, 3.63) is 0 Å². The van der Waals surface area contributed by atoms with Crippen LogP contribution in [-0.2, 0) is 14.2 Å². The predicted molar refractivity (Wildman–Crippen MR) is 68.1 cm³/mol. The Morgan fingerprint density at radius 1 is 1.47 bits per heavy atom. The molecule has 1 saturated carbocycles. The van der Waals surface area contributed by atoms with Crippen LogP contribution in [0.5, 0.6) is 0 Å². The average Bonchev–Trinajstić information content (AvgIpc) is 3.00. The molecular weight excluding hydrogens is 217 g/mol. The molecule has 0 saturated heterocycles. The number of rotatable bonds is 4. The average molecular weight is 241 g/mol. The van der Waals surface area contributed by atoms with Gasteiger partial charge in [-0.2, -0.15) is 0 Å². The summed E-state index contributed by atoms with van der Waals surface area (Å²) in [5.74, 6) is 0.423. The molecule has 0 amide bonds. The molecule has 0 aromatic carbocycles. The predicted octanol–water partition coefficient (Wildman–Crippen LogP) is 1.93. The van der Waals surface area contributed by atoms with Crippen molar-refractivity contribution in [3.63, 3.8) is 0 Å². The van der Waals surface area contributed by atoms with Gasteiger partial charge in [-0.05, 0) is 25.7 Å². The van der Waals surface area contributed by atoms with Crippen LogP contribution in [0.3, 0.4) is 0 Å². The minimum Gasteiger partial charge on any atom is -0.466 e. The summed E-state index contributed by atoms with van der Waals surface area (Å²) in [6.07, 6.45) is 2.75.